The Morgan fingerprint density at radius 3 is 2.61 bits per heavy atom. The Morgan fingerprint density at radius 2 is 2.11 bits per heavy atom. The highest BCUT2D eigenvalue weighted by Gasteiger charge is 2.03. The predicted molar refractivity (Wildman–Crippen MR) is 76.7 cm³/mol. The predicted octanol–water partition coefficient (Wildman–Crippen LogP) is 2.23. The standard InChI is InChI=1S/C14H24N4/c1-11(2)6-15-7-13-8-17-14(9-16-13)18(5)10-12(3)4/h8-9,11,15H,3,6-7,10H2,1-2,4-5H3. The van der Waals surface area contributed by atoms with Crippen molar-refractivity contribution in [1.29, 1.82) is 0 Å². The first-order valence-corrected chi connectivity index (χ1v) is 6.36. The van der Waals surface area contributed by atoms with Gasteiger partial charge in [0.1, 0.15) is 5.82 Å². The van der Waals surface area contributed by atoms with Crippen molar-refractivity contribution in [1.82, 2.24) is 15.3 Å². The van der Waals surface area contributed by atoms with Crippen LogP contribution in [-0.2, 0) is 6.54 Å². The Balaban J connectivity index is 2.49. The van der Waals surface area contributed by atoms with E-state index in [2.05, 4.69) is 35.7 Å². The third-order valence-electron chi connectivity index (χ3n) is 2.45. The number of rotatable bonds is 7. The molecule has 0 aliphatic rings. The molecule has 0 radical (unpaired) electrons. The molecule has 0 atom stereocenters. The SMILES string of the molecule is C=C(C)CN(C)c1cnc(CNCC(C)C)cn1. The van der Waals surface area contributed by atoms with E-state index in [4.69, 9.17) is 0 Å². The van der Waals surface area contributed by atoms with E-state index in [1.54, 1.807) is 0 Å². The molecule has 100 valence electrons. The van der Waals surface area contributed by atoms with Crippen molar-refractivity contribution in [3.05, 3.63) is 30.2 Å². The van der Waals surface area contributed by atoms with Gasteiger partial charge in [0.25, 0.3) is 0 Å². The summed E-state index contributed by atoms with van der Waals surface area (Å²) in [5.74, 6) is 1.53. The third-order valence-corrected chi connectivity index (χ3v) is 2.45. The van der Waals surface area contributed by atoms with Crippen LogP contribution in [0, 0.1) is 5.92 Å². The highest BCUT2D eigenvalue weighted by Crippen LogP contribution is 2.08. The van der Waals surface area contributed by atoms with Crippen molar-refractivity contribution in [3.63, 3.8) is 0 Å². The van der Waals surface area contributed by atoms with Gasteiger partial charge in [0.2, 0.25) is 0 Å². The van der Waals surface area contributed by atoms with Crippen LogP contribution in [0.3, 0.4) is 0 Å². The zero-order chi connectivity index (χ0) is 13.5. The summed E-state index contributed by atoms with van der Waals surface area (Å²) in [7, 11) is 2.00. The van der Waals surface area contributed by atoms with Crippen molar-refractivity contribution >= 4 is 5.82 Å². The van der Waals surface area contributed by atoms with Crippen LogP contribution in [0.5, 0.6) is 0 Å². The first kappa shape index (κ1) is 14.6. The molecular weight excluding hydrogens is 224 g/mol. The van der Waals surface area contributed by atoms with E-state index in [1.807, 2.05) is 31.3 Å². The topological polar surface area (TPSA) is 41.1 Å². The molecule has 1 N–H and O–H groups in total. The van der Waals surface area contributed by atoms with Gasteiger partial charge in [-0.15, -0.1) is 0 Å². The van der Waals surface area contributed by atoms with Crippen molar-refractivity contribution in [3.8, 4) is 0 Å². The van der Waals surface area contributed by atoms with Crippen molar-refractivity contribution in [2.45, 2.75) is 27.3 Å². The van der Waals surface area contributed by atoms with Gasteiger partial charge in [-0.3, -0.25) is 4.98 Å². The van der Waals surface area contributed by atoms with Crippen LogP contribution in [0.15, 0.2) is 24.5 Å². The van der Waals surface area contributed by atoms with E-state index in [0.717, 1.165) is 36.7 Å². The fourth-order valence-electron chi connectivity index (χ4n) is 1.61. The summed E-state index contributed by atoms with van der Waals surface area (Å²) in [6.07, 6.45) is 3.65. The third kappa shape index (κ3) is 5.27. The second-order valence-corrected chi connectivity index (χ2v) is 5.20. The second-order valence-electron chi connectivity index (χ2n) is 5.20. The summed E-state index contributed by atoms with van der Waals surface area (Å²) in [5.41, 5.74) is 2.09. The van der Waals surface area contributed by atoms with Gasteiger partial charge >= 0.3 is 0 Å². The Morgan fingerprint density at radius 1 is 1.39 bits per heavy atom. The van der Waals surface area contributed by atoms with Crippen LogP contribution in [0.4, 0.5) is 5.82 Å². The molecule has 0 saturated heterocycles. The molecule has 0 spiro atoms. The lowest BCUT2D eigenvalue weighted by atomic mass is 10.2. The maximum Gasteiger partial charge on any atom is 0.147 e. The van der Waals surface area contributed by atoms with Crippen molar-refractivity contribution in [2.75, 3.05) is 25.0 Å². The summed E-state index contributed by atoms with van der Waals surface area (Å²) in [6, 6.07) is 0. The second kappa shape index (κ2) is 7.11. The molecular formula is C14H24N4. The molecule has 0 saturated carbocycles. The van der Waals surface area contributed by atoms with Gasteiger partial charge in [-0.25, -0.2) is 4.98 Å². The van der Waals surface area contributed by atoms with E-state index < -0.39 is 0 Å². The van der Waals surface area contributed by atoms with Gasteiger partial charge in [-0.1, -0.05) is 26.0 Å². The number of aromatic nitrogens is 2. The number of nitrogens with one attached hydrogen (secondary N) is 1. The van der Waals surface area contributed by atoms with Crippen LogP contribution in [0.2, 0.25) is 0 Å². The molecule has 1 aromatic rings. The van der Waals surface area contributed by atoms with E-state index in [-0.39, 0.29) is 0 Å². The van der Waals surface area contributed by atoms with E-state index >= 15 is 0 Å². The molecule has 1 aromatic heterocycles. The Kier molecular flexibility index (Phi) is 5.78. The Hall–Kier alpha value is -1.42. The van der Waals surface area contributed by atoms with Gasteiger partial charge in [0, 0.05) is 20.1 Å². The summed E-state index contributed by atoms with van der Waals surface area (Å²) in [6.45, 7) is 12.9. The minimum absolute atomic E-state index is 0.652. The van der Waals surface area contributed by atoms with Gasteiger partial charge in [-0.05, 0) is 19.4 Å². The largest absolute Gasteiger partial charge is 0.354 e. The molecule has 0 aliphatic heterocycles. The molecule has 0 aliphatic carbocycles. The average molecular weight is 248 g/mol. The summed E-state index contributed by atoms with van der Waals surface area (Å²) in [4.78, 5) is 10.9. The molecule has 0 unspecified atom stereocenters. The summed E-state index contributed by atoms with van der Waals surface area (Å²) in [5, 5.41) is 3.35. The van der Waals surface area contributed by atoms with Crippen LogP contribution < -0.4 is 10.2 Å². The Bertz CT molecular complexity index is 370. The molecule has 1 heterocycles. The van der Waals surface area contributed by atoms with Crippen molar-refractivity contribution in [2.24, 2.45) is 5.92 Å². The fourth-order valence-corrected chi connectivity index (χ4v) is 1.61. The van der Waals surface area contributed by atoms with E-state index in [1.165, 1.54) is 0 Å². The number of anilines is 1. The monoisotopic (exact) mass is 248 g/mol. The first-order valence-electron chi connectivity index (χ1n) is 6.36. The molecule has 18 heavy (non-hydrogen) atoms. The molecule has 0 fully saturated rings. The van der Waals surface area contributed by atoms with E-state index in [9.17, 15) is 0 Å². The zero-order valence-corrected chi connectivity index (χ0v) is 11.9. The molecule has 1 rings (SSSR count). The molecule has 4 heteroatoms. The maximum absolute atomic E-state index is 4.41. The first-order chi connectivity index (χ1) is 8.49. The lowest BCUT2D eigenvalue weighted by Gasteiger charge is -2.17. The minimum Gasteiger partial charge on any atom is -0.354 e. The minimum atomic E-state index is 0.652. The molecule has 0 amide bonds. The van der Waals surface area contributed by atoms with E-state index in [0.29, 0.717) is 5.92 Å². The van der Waals surface area contributed by atoms with Crippen LogP contribution in [0.1, 0.15) is 26.5 Å². The fraction of sp³-hybridized carbons (Fsp3) is 0.571. The lowest BCUT2D eigenvalue weighted by Crippen LogP contribution is -2.22. The normalized spacial score (nSPS) is 10.7. The molecule has 0 bridgehead atoms. The van der Waals surface area contributed by atoms with Gasteiger partial charge in [-0.2, -0.15) is 0 Å². The van der Waals surface area contributed by atoms with Crippen LogP contribution in [-0.4, -0.2) is 30.1 Å². The van der Waals surface area contributed by atoms with Crippen LogP contribution in [0.25, 0.3) is 0 Å². The lowest BCUT2D eigenvalue weighted by molar-refractivity contribution is 0.547. The Labute approximate surface area is 110 Å². The number of nitrogens with zero attached hydrogens (tertiary/aromatic N) is 3. The smallest absolute Gasteiger partial charge is 0.147 e. The average Bonchev–Trinajstić information content (AvgIpc) is 2.28. The quantitative estimate of drug-likeness (QED) is 0.751. The molecule has 0 aromatic carbocycles. The summed E-state index contributed by atoms with van der Waals surface area (Å²) >= 11 is 0. The maximum atomic E-state index is 4.41. The van der Waals surface area contributed by atoms with Gasteiger partial charge < -0.3 is 10.2 Å². The highest BCUT2D eigenvalue weighted by atomic mass is 15.2. The molecule has 4 nitrogen and oxygen atoms in total. The number of hydrogen-bond donors (Lipinski definition) is 1. The van der Waals surface area contributed by atoms with Crippen molar-refractivity contribution < 1.29 is 0 Å². The zero-order valence-electron chi connectivity index (χ0n) is 11.9. The number of hydrogen-bond acceptors (Lipinski definition) is 4. The number of likely N-dealkylation sites (N-methyl/N-ethyl adjacent to an activating group) is 1. The van der Waals surface area contributed by atoms with Crippen LogP contribution >= 0.6 is 0 Å². The van der Waals surface area contributed by atoms with Gasteiger partial charge in [0.15, 0.2) is 0 Å². The highest BCUT2D eigenvalue weighted by molar-refractivity contribution is 5.36. The summed E-state index contributed by atoms with van der Waals surface area (Å²) < 4.78 is 0. The van der Waals surface area contributed by atoms with Gasteiger partial charge in [0.05, 0.1) is 18.1 Å².